The van der Waals surface area contributed by atoms with Crippen molar-refractivity contribution >= 4 is 17.5 Å². The smallest absolute Gasteiger partial charge is 0.240 e. The molecule has 2 amide bonds. The van der Waals surface area contributed by atoms with Gasteiger partial charge < -0.3 is 15.1 Å². The third-order valence-corrected chi connectivity index (χ3v) is 6.81. The van der Waals surface area contributed by atoms with Gasteiger partial charge in [0.2, 0.25) is 11.8 Å². The van der Waals surface area contributed by atoms with Gasteiger partial charge in [0.1, 0.15) is 5.82 Å². The zero-order valence-corrected chi connectivity index (χ0v) is 20.0. The molecule has 0 spiro atoms. The zero-order valence-electron chi connectivity index (χ0n) is 20.0. The molecule has 2 aromatic rings. The number of nitrogens with zero attached hydrogens (tertiary/aromatic N) is 3. The number of hydrogen-bond donors (Lipinski definition) is 1. The van der Waals surface area contributed by atoms with Gasteiger partial charge in [-0.25, -0.2) is 4.39 Å². The Morgan fingerprint density at radius 2 is 1.76 bits per heavy atom. The van der Waals surface area contributed by atoms with E-state index < -0.39 is 0 Å². The summed E-state index contributed by atoms with van der Waals surface area (Å²) in [4.78, 5) is 32.2. The number of amides is 2. The second-order valence-electron chi connectivity index (χ2n) is 9.32. The van der Waals surface area contributed by atoms with E-state index in [1.54, 1.807) is 6.92 Å². The summed E-state index contributed by atoms with van der Waals surface area (Å²) < 4.78 is 13.4. The monoisotopic (exact) mass is 466 g/mol. The maximum atomic E-state index is 13.6. The Bertz CT molecular complexity index is 975. The first-order valence-electron chi connectivity index (χ1n) is 12.4. The molecule has 4 rings (SSSR count). The third kappa shape index (κ3) is 6.21. The highest BCUT2D eigenvalue weighted by atomic mass is 19.1. The zero-order chi connectivity index (χ0) is 23.9. The first kappa shape index (κ1) is 24.4. The lowest BCUT2D eigenvalue weighted by Gasteiger charge is -2.32. The molecule has 182 valence electrons. The number of anilines is 1. The third-order valence-electron chi connectivity index (χ3n) is 6.81. The van der Waals surface area contributed by atoms with Gasteiger partial charge in [0.25, 0.3) is 0 Å². The molecule has 2 aliphatic heterocycles. The Kier molecular flexibility index (Phi) is 8.29. The lowest BCUT2D eigenvalue weighted by Crippen LogP contribution is -2.50. The Labute approximate surface area is 201 Å². The van der Waals surface area contributed by atoms with Crippen molar-refractivity contribution in [1.29, 1.82) is 0 Å². The number of benzene rings is 2. The molecule has 1 fully saturated rings. The summed E-state index contributed by atoms with van der Waals surface area (Å²) in [5.41, 5.74) is 2.92. The van der Waals surface area contributed by atoms with E-state index in [0.717, 1.165) is 62.1 Å². The van der Waals surface area contributed by atoms with Crippen LogP contribution >= 0.6 is 0 Å². The average molecular weight is 467 g/mol. The lowest BCUT2D eigenvalue weighted by atomic mass is 10.0. The number of fused-ring (bicyclic) bond motifs is 1. The van der Waals surface area contributed by atoms with Crippen molar-refractivity contribution in [3.8, 4) is 0 Å². The first-order chi connectivity index (χ1) is 16.5. The van der Waals surface area contributed by atoms with Gasteiger partial charge in [-0.05, 0) is 55.1 Å². The number of halogens is 1. The molecule has 1 N–H and O–H groups in total. The normalized spacial score (nSPS) is 20.4. The van der Waals surface area contributed by atoms with Gasteiger partial charge in [-0.1, -0.05) is 36.8 Å². The number of piperidine rings is 1. The summed E-state index contributed by atoms with van der Waals surface area (Å²) in [5, 5.41) is 3.39. The maximum absolute atomic E-state index is 13.6. The topological polar surface area (TPSA) is 55.9 Å². The van der Waals surface area contributed by atoms with E-state index >= 15 is 0 Å². The number of carbonyl (C=O) groups is 2. The van der Waals surface area contributed by atoms with Crippen LogP contribution < -0.4 is 10.2 Å². The van der Waals surface area contributed by atoms with E-state index in [9.17, 15) is 14.0 Å². The molecule has 7 heteroatoms. The van der Waals surface area contributed by atoms with Gasteiger partial charge in [0, 0.05) is 51.9 Å². The second kappa shape index (κ2) is 11.6. The highest BCUT2D eigenvalue weighted by molar-refractivity contribution is 5.92. The number of nitrogens with one attached hydrogen (secondary N) is 1. The van der Waals surface area contributed by atoms with Crippen LogP contribution in [0, 0.1) is 5.82 Å². The van der Waals surface area contributed by atoms with Crippen LogP contribution in [-0.4, -0.2) is 60.4 Å². The van der Waals surface area contributed by atoms with Gasteiger partial charge in [0.15, 0.2) is 0 Å². The molecule has 0 aromatic heterocycles. The molecule has 1 saturated heterocycles. The fourth-order valence-corrected chi connectivity index (χ4v) is 4.94. The van der Waals surface area contributed by atoms with Crippen molar-refractivity contribution in [2.75, 3.05) is 37.6 Å². The molecule has 6 nitrogen and oxygen atoms in total. The fraction of sp³-hybridized carbons (Fsp3) is 0.481. The SMILES string of the molecule is CC(=O)N1CCCN(Cc2ccc(F)cc2)CCN(C(=O)[C@@H]2CCCCN2)Cc2ccccc21. The minimum Gasteiger partial charge on any atom is -0.336 e. The van der Waals surface area contributed by atoms with Crippen molar-refractivity contribution in [3.05, 3.63) is 65.5 Å². The number of para-hydroxylation sites is 1. The minimum atomic E-state index is -0.243. The van der Waals surface area contributed by atoms with E-state index in [1.165, 1.54) is 12.1 Å². The van der Waals surface area contributed by atoms with Crippen LogP contribution in [0.25, 0.3) is 0 Å². The highest BCUT2D eigenvalue weighted by Gasteiger charge is 2.28. The second-order valence-corrected chi connectivity index (χ2v) is 9.32. The molecule has 0 saturated carbocycles. The fourth-order valence-electron chi connectivity index (χ4n) is 4.94. The van der Waals surface area contributed by atoms with Crippen LogP contribution in [0.2, 0.25) is 0 Å². The van der Waals surface area contributed by atoms with Crippen LogP contribution in [0.5, 0.6) is 0 Å². The Hall–Kier alpha value is -2.77. The van der Waals surface area contributed by atoms with E-state index in [4.69, 9.17) is 0 Å². The van der Waals surface area contributed by atoms with Crippen molar-refractivity contribution < 1.29 is 14.0 Å². The summed E-state index contributed by atoms with van der Waals surface area (Å²) in [6.45, 7) is 6.34. The summed E-state index contributed by atoms with van der Waals surface area (Å²) in [6, 6.07) is 14.4. The van der Waals surface area contributed by atoms with Crippen LogP contribution in [0.4, 0.5) is 10.1 Å². The van der Waals surface area contributed by atoms with Crippen LogP contribution in [0.15, 0.2) is 48.5 Å². The van der Waals surface area contributed by atoms with Gasteiger partial charge in [-0.3, -0.25) is 14.5 Å². The molecule has 0 aliphatic carbocycles. The largest absolute Gasteiger partial charge is 0.336 e. The van der Waals surface area contributed by atoms with E-state index in [1.807, 2.05) is 46.2 Å². The molecule has 2 heterocycles. The molecule has 2 aromatic carbocycles. The predicted molar refractivity (Wildman–Crippen MR) is 132 cm³/mol. The average Bonchev–Trinajstić information content (AvgIpc) is 2.88. The summed E-state index contributed by atoms with van der Waals surface area (Å²) >= 11 is 0. The summed E-state index contributed by atoms with van der Waals surface area (Å²) in [6.07, 6.45) is 3.83. The quantitative estimate of drug-likeness (QED) is 0.752. The molecule has 2 aliphatic rings. The Morgan fingerprint density at radius 1 is 0.971 bits per heavy atom. The van der Waals surface area contributed by atoms with Gasteiger partial charge in [-0.2, -0.15) is 0 Å². The molecule has 34 heavy (non-hydrogen) atoms. The molecule has 0 unspecified atom stereocenters. The first-order valence-corrected chi connectivity index (χ1v) is 12.4. The molecular formula is C27H35FN4O2. The van der Waals surface area contributed by atoms with Crippen LogP contribution in [0.3, 0.4) is 0 Å². The van der Waals surface area contributed by atoms with E-state index in [0.29, 0.717) is 26.2 Å². The van der Waals surface area contributed by atoms with E-state index in [2.05, 4.69) is 10.2 Å². The number of hydrogen-bond acceptors (Lipinski definition) is 4. The predicted octanol–water partition coefficient (Wildman–Crippen LogP) is 3.56. The number of carbonyl (C=O) groups excluding carboxylic acids is 2. The molecular weight excluding hydrogens is 431 g/mol. The standard InChI is InChI=1S/C27H35FN4O2/c1-21(33)32-16-6-15-30(19-22-10-12-24(28)13-11-22)17-18-31(20-23-7-2-3-9-26(23)32)27(34)25-8-4-5-14-29-25/h2-3,7,9-13,25,29H,4-6,8,14-20H2,1H3/t25-/m0/s1. The Morgan fingerprint density at radius 3 is 2.50 bits per heavy atom. The van der Waals surface area contributed by atoms with Crippen molar-refractivity contribution in [2.24, 2.45) is 0 Å². The molecule has 0 bridgehead atoms. The maximum Gasteiger partial charge on any atom is 0.240 e. The van der Waals surface area contributed by atoms with E-state index in [-0.39, 0.29) is 23.7 Å². The van der Waals surface area contributed by atoms with Crippen molar-refractivity contribution in [1.82, 2.24) is 15.1 Å². The molecule has 1 atom stereocenters. The van der Waals surface area contributed by atoms with Gasteiger partial charge in [0.05, 0.1) is 6.04 Å². The summed E-state index contributed by atoms with van der Waals surface area (Å²) in [7, 11) is 0. The lowest BCUT2D eigenvalue weighted by molar-refractivity contribution is -0.135. The van der Waals surface area contributed by atoms with Gasteiger partial charge in [-0.15, -0.1) is 0 Å². The molecule has 0 radical (unpaired) electrons. The van der Waals surface area contributed by atoms with Crippen molar-refractivity contribution in [2.45, 2.75) is 51.7 Å². The highest BCUT2D eigenvalue weighted by Crippen LogP contribution is 2.24. The Balaban J connectivity index is 1.60. The van der Waals surface area contributed by atoms with Crippen LogP contribution in [-0.2, 0) is 22.7 Å². The van der Waals surface area contributed by atoms with Gasteiger partial charge >= 0.3 is 0 Å². The summed E-state index contributed by atoms with van der Waals surface area (Å²) in [5.74, 6) is -0.110. The van der Waals surface area contributed by atoms with Crippen molar-refractivity contribution in [3.63, 3.8) is 0 Å². The minimum absolute atomic E-state index is 0.00334. The number of rotatable bonds is 3. The van der Waals surface area contributed by atoms with Crippen LogP contribution in [0.1, 0.15) is 43.7 Å².